The van der Waals surface area contributed by atoms with Crippen LogP contribution in [0.2, 0.25) is 5.02 Å². The number of ether oxygens (including phenoxy) is 1. The number of hydrogen-bond acceptors (Lipinski definition) is 3. The molecule has 1 aromatic heterocycles. The molecule has 3 rings (SSSR count). The molecule has 0 spiro atoms. The van der Waals surface area contributed by atoms with Crippen LogP contribution in [0.4, 0.5) is 0 Å². The number of nitrogens with zero attached hydrogens (tertiary/aromatic N) is 2. The van der Waals surface area contributed by atoms with Gasteiger partial charge < -0.3 is 14.6 Å². The van der Waals surface area contributed by atoms with Gasteiger partial charge in [-0.2, -0.15) is 0 Å². The van der Waals surface area contributed by atoms with Gasteiger partial charge in [0.25, 0.3) is 0 Å². The Morgan fingerprint density at radius 3 is 2.86 bits per heavy atom. The summed E-state index contributed by atoms with van der Waals surface area (Å²) in [5, 5.41) is 3.47. The second-order valence-corrected chi connectivity index (χ2v) is 7.22. The Balaban J connectivity index is 1.55. The predicted molar refractivity (Wildman–Crippen MR) is 113 cm³/mol. The predicted octanol–water partition coefficient (Wildman–Crippen LogP) is 4.54. The molecule has 2 aromatic carbocycles. The Hall–Kier alpha value is -2.53. The van der Waals surface area contributed by atoms with Gasteiger partial charge in [-0.15, -0.1) is 0 Å². The van der Waals surface area contributed by atoms with E-state index in [9.17, 15) is 4.79 Å². The van der Waals surface area contributed by atoms with E-state index in [0.29, 0.717) is 13.2 Å². The first-order valence-corrected chi connectivity index (χ1v) is 10.1. The summed E-state index contributed by atoms with van der Waals surface area (Å²) in [6.45, 7) is 4.22. The van der Waals surface area contributed by atoms with Crippen LogP contribution in [0, 0.1) is 6.92 Å². The van der Waals surface area contributed by atoms with E-state index >= 15 is 0 Å². The van der Waals surface area contributed by atoms with Crippen LogP contribution >= 0.6 is 11.6 Å². The first-order chi connectivity index (χ1) is 13.7. The Bertz CT molecular complexity index is 923. The number of carbonyl (C=O) groups excluding carboxylic acids is 1. The van der Waals surface area contributed by atoms with E-state index in [-0.39, 0.29) is 0 Å². The molecule has 28 heavy (non-hydrogen) atoms. The van der Waals surface area contributed by atoms with Crippen molar-refractivity contribution in [3.63, 3.8) is 0 Å². The molecule has 1 heterocycles. The van der Waals surface area contributed by atoms with Crippen molar-refractivity contribution < 1.29 is 9.53 Å². The highest BCUT2D eigenvalue weighted by atomic mass is 35.5. The third-order valence-electron chi connectivity index (χ3n) is 4.71. The summed E-state index contributed by atoms with van der Waals surface area (Å²) in [4.78, 5) is 15.2. The van der Waals surface area contributed by atoms with E-state index in [0.717, 1.165) is 71.8 Å². The minimum atomic E-state index is 0.668. The van der Waals surface area contributed by atoms with Gasteiger partial charge in [0.05, 0.1) is 17.6 Å². The zero-order valence-corrected chi connectivity index (χ0v) is 16.9. The summed E-state index contributed by atoms with van der Waals surface area (Å²) < 4.78 is 8.14. The molecule has 148 valence electrons. The maximum Gasteiger partial charge on any atom is 0.207 e. The maximum atomic E-state index is 10.4. The summed E-state index contributed by atoms with van der Waals surface area (Å²) >= 11 is 6.05. The summed E-state index contributed by atoms with van der Waals surface area (Å²) in [5.74, 6) is 1.93. The molecule has 0 aliphatic rings. The standard InChI is InChI=1S/C22H26ClN3O2/c1-17-15-18(10-11-19(17)23)28-14-5-4-13-26-21-8-3-2-7-20(21)25-22(26)9-6-12-24-16-27/h2-3,7-8,10-11,15-16H,4-6,9,12-14H2,1H3,(H,24,27). The lowest BCUT2D eigenvalue weighted by molar-refractivity contribution is -0.109. The lowest BCUT2D eigenvalue weighted by Crippen LogP contribution is -2.14. The number of amides is 1. The Morgan fingerprint density at radius 2 is 2.04 bits per heavy atom. The number of unbranched alkanes of at least 4 members (excludes halogenated alkanes) is 1. The highest BCUT2D eigenvalue weighted by Gasteiger charge is 2.10. The number of para-hydroxylation sites is 2. The second kappa shape index (κ2) is 10.1. The molecule has 1 N–H and O–H groups in total. The van der Waals surface area contributed by atoms with Crippen LogP contribution in [-0.4, -0.2) is 29.1 Å². The fourth-order valence-corrected chi connectivity index (χ4v) is 3.36. The van der Waals surface area contributed by atoms with Crippen molar-refractivity contribution >= 4 is 29.0 Å². The fraction of sp³-hybridized carbons (Fsp3) is 0.364. The SMILES string of the molecule is Cc1cc(OCCCCn2c(CCCNC=O)nc3ccccc32)ccc1Cl. The van der Waals surface area contributed by atoms with Gasteiger partial charge in [-0.1, -0.05) is 23.7 Å². The van der Waals surface area contributed by atoms with Crippen LogP contribution < -0.4 is 10.1 Å². The monoisotopic (exact) mass is 399 g/mol. The number of rotatable bonds is 11. The molecule has 0 bridgehead atoms. The van der Waals surface area contributed by atoms with E-state index in [4.69, 9.17) is 21.3 Å². The molecule has 0 aliphatic heterocycles. The topological polar surface area (TPSA) is 56.1 Å². The fourth-order valence-electron chi connectivity index (χ4n) is 3.24. The summed E-state index contributed by atoms with van der Waals surface area (Å²) in [6.07, 6.45) is 4.43. The molecule has 0 unspecified atom stereocenters. The second-order valence-electron chi connectivity index (χ2n) is 6.81. The molecule has 1 amide bonds. The van der Waals surface area contributed by atoms with E-state index < -0.39 is 0 Å². The van der Waals surface area contributed by atoms with Gasteiger partial charge in [-0.3, -0.25) is 4.79 Å². The number of nitrogens with one attached hydrogen (secondary N) is 1. The Morgan fingerprint density at radius 1 is 1.18 bits per heavy atom. The summed E-state index contributed by atoms with van der Waals surface area (Å²) in [7, 11) is 0. The van der Waals surface area contributed by atoms with Crippen molar-refractivity contribution in [1.82, 2.24) is 14.9 Å². The van der Waals surface area contributed by atoms with Gasteiger partial charge in [-0.05, 0) is 62.1 Å². The quantitative estimate of drug-likeness (QED) is 0.380. The number of fused-ring (bicyclic) bond motifs is 1. The minimum Gasteiger partial charge on any atom is -0.494 e. The van der Waals surface area contributed by atoms with Crippen molar-refractivity contribution in [1.29, 1.82) is 0 Å². The third-order valence-corrected chi connectivity index (χ3v) is 5.14. The van der Waals surface area contributed by atoms with Crippen LogP contribution in [0.5, 0.6) is 5.75 Å². The number of hydrogen-bond donors (Lipinski definition) is 1. The van der Waals surface area contributed by atoms with Gasteiger partial charge in [0, 0.05) is 24.5 Å². The smallest absolute Gasteiger partial charge is 0.207 e. The molecule has 0 saturated heterocycles. The number of carbonyl (C=O) groups is 1. The summed E-state index contributed by atoms with van der Waals surface area (Å²) in [5.41, 5.74) is 3.21. The third kappa shape index (κ3) is 5.26. The van der Waals surface area contributed by atoms with Crippen LogP contribution in [0.3, 0.4) is 0 Å². The number of halogens is 1. The number of aromatic nitrogens is 2. The van der Waals surface area contributed by atoms with Crippen molar-refractivity contribution in [2.24, 2.45) is 0 Å². The van der Waals surface area contributed by atoms with E-state index in [2.05, 4.69) is 16.0 Å². The van der Waals surface area contributed by atoms with Crippen molar-refractivity contribution in [3.8, 4) is 5.75 Å². The van der Waals surface area contributed by atoms with Crippen LogP contribution in [0.15, 0.2) is 42.5 Å². The maximum absolute atomic E-state index is 10.4. The minimum absolute atomic E-state index is 0.668. The van der Waals surface area contributed by atoms with Gasteiger partial charge in [0.1, 0.15) is 11.6 Å². The number of benzene rings is 2. The zero-order valence-electron chi connectivity index (χ0n) is 16.2. The number of imidazole rings is 1. The first-order valence-electron chi connectivity index (χ1n) is 9.69. The molecule has 0 saturated carbocycles. The van der Waals surface area contributed by atoms with E-state index in [1.54, 1.807) is 0 Å². The molecule has 5 nitrogen and oxygen atoms in total. The number of aryl methyl sites for hydroxylation is 3. The molecular formula is C22H26ClN3O2. The van der Waals surface area contributed by atoms with Crippen molar-refractivity contribution in [2.75, 3.05) is 13.2 Å². The van der Waals surface area contributed by atoms with E-state index in [1.165, 1.54) is 0 Å². The van der Waals surface area contributed by atoms with Crippen LogP contribution in [0.1, 0.15) is 30.7 Å². The normalized spacial score (nSPS) is 10.9. The molecule has 3 aromatic rings. The van der Waals surface area contributed by atoms with Gasteiger partial charge in [0.2, 0.25) is 6.41 Å². The molecule has 0 atom stereocenters. The molecule has 0 radical (unpaired) electrons. The molecule has 6 heteroatoms. The van der Waals surface area contributed by atoms with Crippen molar-refractivity contribution in [2.45, 2.75) is 39.2 Å². The van der Waals surface area contributed by atoms with Gasteiger partial charge in [-0.25, -0.2) is 4.98 Å². The average molecular weight is 400 g/mol. The van der Waals surface area contributed by atoms with Crippen LogP contribution in [0.25, 0.3) is 11.0 Å². The lowest BCUT2D eigenvalue weighted by atomic mass is 10.2. The highest BCUT2D eigenvalue weighted by molar-refractivity contribution is 6.31. The molecular weight excluding hydrogens is 374 g/mol. The Kier molecular flexibility index (Phi) is 7.31. The zero-order chi connectivity index (χ0) is 19.8. The lowest BCUT2D eigenvalue weighted by Gasteiger charge is -2.11. The van der Waals surface area contributed by atoms with Gasteiger partial charge >= 0.3 is 0 Å². The van der Waals surface area contributed by atoms with E-state index in [1.807, 2.05) is 43.3 Å². The molecule has 0 fully saturated rings. The Labute approximate surface area is 170 Å². The summed E-state index contributed by atoms with van der Waals surface area (Å²) in [6, 6.07) is 14.0. The molecule has 0 aliphatic carbocycles. The first kappa shape index (κ1) is 20.2. The van der Waals surface area contributed by atoms with Crippen molar-refractivity contribution in [3.05, 3.63) is 58.9 Å². The largest absolute Gasteiger partial charge is 0.494 e. The average Bonchev–Trinajstić information content (AvgIpc) is 3.05. The highest BCUT2D eigenvalue weighted by Crippen LogP contribution is 2.21. The van der Waals surface area contributed by atoms with Crippen LogP contribution in [-0.2, 0) is 17.8 Å². The van der Waals surface area contributed by atoms with Gasteiger partial charge in [0.15, 0.2) is 0 Å².